The number of hydrogen-bond donors (Lipinski definition) is 0. The first-order valence-corrected chi connectivity index (χ1v) is 5.17. The van der Waals surface area contributed by atoms with Crippen molar-refractivity contribution in [2.75, 3.05) is 19.8 Å². The maximum atomic E-state index is 13.6. The summed E-state index contributed by atoms with van der Waals surface area (Å²) in [5.41, 5.74) is -0.375. The molecular weight excluding hydrogens is 188 g/mol. The molecule has 0 unspecified atom stereocenters. The van der Waals surface area contributed by atoms with E-state index < -0.39 is 12.8 Å². The Balaban J connectivity index is 2.10. The maximum absolute atomic E-state index is 13.6. The molecule has 2 aliphatic rings. The molecule has 2 rings (SSSR count). The van der Waals surface area contributed by atoms with Crippen LogP contribution in [0.15, 0.2) is 0 Å². The molecule has 2 aliphatic heterocycles. The van der Waals surface area contributed by atoms with Crippen molar-refractivity contribution >= 4 is 0 Å². The van der Waals surface area contributed by atoms with Gasteiger partial charge in [-0.25, -0.2) is 4.39 Å². The van der Waals surface area contributed by atoms with Gasteiger partial charge in [0.1, 0.15) is 11.9 Å². The van der Waals surface area contributed by atoms with E-state index in [9.17, 15) is 8.78 Å². The third-order valence-electron chi connectivity index (χ3n) is 3.47. The molecule has 0 bridgehead atoms. The topological polar surface area (TPSA) is 12.5 Å². The fourth-order valence-corrected chi connectivity index (χ4v) is 2.64. The minimum absolute atomic E-state index is 0.0794. The van der Waals surface area contributed by atoms with Crippen LogP contribution in [0.4, 0.5) is 8.78 Å². The van der Waals surface area contributed by atoms with Crippen molar-refractivity contribution in [1.82, 2.24) is 4.90 Å². The average molecular weight is 205 g/mol. The lowest BCUT2D eigenvalue weighted by Gasteiger charge is -2.28. The van der Waals surface area contributed by atoms with Gasteiger partial charge in [0.25, 0.3) is 0 Å². The van der Waals surface area contributed by atoms with Gasteiger partial charge in [0.05, 0.1) is 13.3 Å². The molecule has 4 heteroatoms. The molecule has 0 aromatic rings. The van der Waals surface area contributed by atoms with Gasteiger partial charge in [0.2, 0.25) is 0 Å². The second kappa shape index (κ2) is 3.42. The van der Waals surface area contributed by atoms with E-state index in [4.69, 9.17) is 4.74 Å². The molecule has 0 amide bonds. The van der Waals surface area contributed by atoms with Crippen LogP contribution in [0.1, 0.15) is 20.3 Å². The smallest absolute Gasteiger partial charge is 0.117 e. The highest BCUT2D eigenvalue weighted by atomic mass is 19.1. The molecule has 14 heavy (non-hydrogen) atoms. The van der Waals surface area contributed by atoms with E-state index in [0.717, 1.165) is 0 Å². The lowest BCUT2D eigenvalue weighted by Crippen LogP contribution is -2.41. The largest absolute Gasteiger partial charge is 0.359 e. The van der Waals surface area contributed by atoms with E-state index in [2.05, 4.69) is 0 Å². The SMILES string of the molecule is CC1(C)OC[C@@H]2[C@H](CCF)[C@@H](F)CN21. The zero-order valence-corrected chi connectivity index (χ0v) is 8.67. The molecule has 0 spiro atoms. The second-order valence-electron chi connectivity index (χ2n) is 4.63. The third-order valence-corrected chi connectivity index (χ3v) is 3.47. The van der Waals surface area contributed by atoms with Crippen LogP contribution in [0, 0.1) is 5.92 Å². The van der Waals surface area contributed by atoms with Crippen LogP contribution < -0.4 is 0 Å². The maximum Gasteiger partial charge on any atom is 0.117 e. The number of halogens is 2. The third kappa shape index (κ3) is 1.44. The highest BCUT2D eigenvalue weighted by Crippen LogP contribution is 2.40. The predicted octanol–water partition coefficient (Wildman–Crippen LogP) is 1.75. The van der Waals surface area contributed by atoms with Gasteiger partial charge < -0.3 is 4.74 Å². The molecule has 2 fully saturated rings. The Bertz CT molecular complexity index is 222. The molecule has 2 saturated heterocycles. The number of rotatable bonds is 2. The van der Waals surface area contributed by atoms with Crippen molar-refractivity contribution in [3.8, 4) is 0 Å². The summed E-state index contributed by atoms with van der Waals surface area (Å²) >= 11 is 0. The molecule has 2 nitrogen and oxygen atoms in total. The van der Waals surface area contributed by atoms with E-state index in [-0.39, 0.29) is 17.7 Å². The quantitative estimate of drug-likeness (QED) is 0.681. The fraction of sp³-hybridized carbons (Fsp3) is 1.00. The molecule has 3 atom stereocenters. The molecule has 0 N–H and O–H groups in total. The predicted molar refractivity (Wildman–Crippen MR) is 49.5 cm³/mol. The molecule has 0 aliphatic carbocycles. The van der Waals surface area contributed by atoms with Gasteiger partial charge >= 0.3 is 0 Å². The minimum atomic E-state index is -0.890. The van der Waals surface area contributed by atoms with Gasteiger partial charge in [-0.15, -0.1) is 0 Å². The Morgan fingerprint density at radius 3 is 2.86 bits per heavy atom. The summed E-state index contributed by atoms with van der Waals surface area (Å²) in [6.07, 6.45) is -0.569. The monoisotopic (exact) mass is 205 g/mol. The Labute approximate surface area is 83.2 Å². The van der Waals surface area contributed by atoms with Crippen molar-refractivity contribution in [3.05, 3.63) is 0 Å². The fourth-order valence-electron chi connectivity index (χ4n) is 2.64. The molecule has 0 saturated carbocycles. The number of nitrogens with zero attached hydrogens (tertiary/aromatic N) is 1. The molecule has 2 heterocycles. The van der Waals surface area contributed by atoms with Crippen LogP contribution in [0.25, 0.3) is 0 Å². The molecule has 0 aromatic heterocycles. The van der Waals surface area contributed by atoms with E-state index in [1.165, 1.54) is 0 Å². The van der Waals surface area contributed by atoms with Crippen LogP contribution >= 0.6 is 0 Å². The Hall–Kier alpha value is -0.220. The summed E-state index contributed by atoms with van der Waals surface area (Å²) in [6, 6.07) is 0.0794. The van der Waals surface area contributed by atoms with Crippen molar-refractivity contribution in [2.24, 2.45) is 5.92 Å². The van der Waals surface area contributed by atoms with Crippen LogP contribution in [0.2, 0.25) is 0 Å². The first-order valence-electron chi connectivity index (χ1n) is 5.17. The highest BCUT2D eigenvalue weighted by Gasteiger charge is 2.52. The van der Waals surface area contributed by atoms with Crippen molar-refractivity contribution < 1.29 is 13.5 Å². The molecular formula is C10H17F2NO. The van der Waals surface area contributed by atoms with E-state index in [0.29, 0.717) is 19.6 Å². The lowest BCUT2D eigenvalue weighted by molar-refractivity contribution is -0.0520. The van der Waals surface area contributed by atoms with Gasteiger partial charge in [0, 0.05) is 18.5 Å². The first kappa shape index (κ1) is 10.3. The van der Waals surface area contributed by atoms with Crippen molar-refractivity contribution in [2.45, 2.75) is 38.2 Å². The zero-order chi connectivity index (χ0) is 10.3. The standard InChI is InChI=1S/C10H17F2NO/c1-10(2)13-5-8(12)7(3-4-11)9(13)6-14-10/h7-9H,3-6H2,1-2H3/t7-,8+,9-/m1/s1. The normalized spacial score (nSPS) is 41.6. The number of ether oxygens (including phenoxy) is 1. The van der Waals surface area contributed by atoms with E-state index in [1.807, 2.05) is 18.7 Å². The van der Waals surface area contributed by atoms with Crippen molar-refractivity contribution in [1.29, 1.82) is 0 Å². The summed E-state index contributed by atoms with van der Waals surface area (Å²) in [7, 11) is 0. The zero-order valence-electron chi connectivity index (χ0n) is 8.67. The minimum Gasteiger partial charge on any atom is -0.359 e. The lowest BCUT2D eigenvalue weighted by atomic mass is 9.97. The van der Waals surface area contributed by atoms with Crippen molar-refractivity contribution in [3.63, 3.8) is 0 Å². The van der Waals surface area contributed by atoms with Gasteiger partial charge in [-0.2, -0.15) is 0 Å². The Morgan fingerprint density at radius 1 is 1.50 bits per heavy atom. The number of fused-ring (bicyclic) bond motifs is 1. The van der Waals surface area contributed by atoms with Gasteiger partial charge in [0.15, 0.2) is 0 Å². The van der Waals surface area contributed by atoms with Crippen LogP contribution in [-0.2, 0) is 4.74 Å². The summed E-state index contributed by atoms with van der Waals surface area (Å²) in [5, 5.41) is 0. The number of hydrogen-bond acceptors (Lipinski definition) is 2. The van der Waals surface area contributed by atoms with Crippen LogP contribution in [0.3, 0.4) is 0 Å². The van der Waals surface area contributed by atoms with Gasteiger partial charge in [-0.3, -0.25) is 9.29 Å². The summed E-state index contributed by atoms with van der Waals surface area (Å²) < 4.78 is 31.4. The van der Waals surface area contributed by atoms with E-state index >= 15 is 0 Å². The summed E-state index contributed by atoms with van der Waals surface area (Å²) in [4.78, 5) is 2.03. The number of alkyl halides is 2. The molecule has 82 valence electrons. The van der Waals surface area contributed by atoms with E-state index in [1.54, 1.807) is 0 Å². The molecule has 0 radical (unpaired) electrons. The first-order chi connectivity index (χ1) is 6.56. The average Bonchev–Trinajstić information content (AvgIpc) is 2.55. The van der Waals surface area contributed by atoms with Gasteiger partial charge in [-0.05, 0) is 20.3 Å². The Kier molecular flexibility index (Phi) is 2.52. The summed E-state index contributed by atoms with van der Waals surface area (Å²) in [6.45, 7) is 4.38. The molecule has 0 aromatic carbocycles. The summed E-state index contributed by atoms with van der Waals surface area (Å²) in [5.74, 6) is -0.179. The highest BCUT2D eigenvalue weighted by molar-refractivity contribution is 5.00. The Morgan fingerprint density at radius 2 is 2.21 bits per heavy atom. The van der Waals surface area contributed by atoms with Crippen LogP contribution in [-0.4, -0.2) is 42.7 Å². The second-order valence-corrected chi connectivity index (χ2v) is 4.63. The van der Waals surface area contributed by atoms with Gasteiger partial charge in [-0.1, -0.05) is 0 Å². The van der Waals surface area contributed by atoms with Crippen LogP contribution in [0.5, 0.6) is 0 Å².